The summed E-state index contributed by atoms with van der Waals surface area (Å²) >= 11 is 5.73. The third-order valence-corrected chi connectivity index (χ3v) is 2.43. The molecule has 0 atom stereocenters. The van der Waals surface area contributed by atoms with E-state index in [1.54, 1.807) is 6.08 Å². The minimum atomic E-state index is 0.271. The highest BCUT2D eigenvalue weighted by atomic mass is 35.5. The molecule has 0 aromatic carbocycles. The van der Waals surface area contributed by atoms with Crippen molar-refractivity contribution in [3.63, 3.8) is 0 Å². The van der Waals surface area contributed by atoms with Gasteiger partial charge in [0.25, 0.3) is 0 Å². The molecular formula is C11H16ClNO. The number of rotatable bonds is 2. The Morgan fingerprint density at radius 2 is 2.29 bits per heavy atom. The van der Waals surface area contributed by atoms with Crippen LogP contribution in [-0.4, -0.2) is 16.7 Å². The summed E-state index contributed by atoms with van der Waals surface area (Å²) in [5.41, 5.74) is 1.89. The van der Waals surface area contributed by atoms with E-state index in [-0.39, 0.29) is 5.76 Å². The van der Waals surface area contributed by atoms with Crippen molar-refractivity contribution in [2.24, 2.45) is 10.9 Å². The lowest BCUT2D eigenvalue weighted by atomic mass is 10.0. The maximum atomic E-state index is 9.40. The van der Waals surface area contributed by atoms with E-state index < -0.39 is 0 Å². The average molecular weight is 214 g/mol. The van der Waals surface area contributed by atoms with E-state index in [0.29, 0.717) is 11.8 Å². The predicted molar refractivity (Wildman–Crippen MR) is 61.0 cm³/mol. The molecule has 1 N–H and O–H groups in total. The first-order valence-corrected chi connectivity index (χ1v) is 5.40. The third kappa shape index (κ3) is 3.18. The van der Waals surface area contributed by atoms with Crippen molar-refractivity contribution >= 4 is 17.3 Å². The quantitative estimate of drug-likeness (QED) is 0.701. The average Bonchev–Trinajstić information content (AvgIpc) is 2.10. The van der Waals surface area contributed by atoms with E-state index in [1.165, 1.54) is 0 Å². The number of aliphatic hydroxyl groups excluding tert-OH is 1. The summed E-state index contributed by atoms with van der Waals surface area (Å²) in [5.74, 6) is 1.05. The van der Waals surface area contributed by atoms with Crippen molar-refractivity contribution in [3.05, 3.63) is 23.6 Å². The van der Waals surface area contributed by atoms with E-state index in [4.69, 9.17) is 11.6 Å². The number of allylic oxidation sites excluding steroid dienone is 3. The molecular weight excluding hydrogens is 198 g/mol. The molecule has 0 spiro atoms. The molecule has 1 heterocycles. The molecule has 1 rings (SSSR count). The summed E-state index contributed by atoms with van der Waals surface area (Å²) in [5, 5.41) is 9.40. The topological polar surface area (TPSA) is 32.6 Å². The van der Waals surface area contributed by atoms with Crippen LogP contribution in [0.2, 0.25) is 0 Å². The number of hydrogen-bond donors (Lipinski definition) is 1. The van der Waals surface area contributed by atoms with Gasteiger partial charge in [-0.25, -0.2) is 0 Å². The molecule has 0 saturated heterocycles. The Labute approximate surface area is 90.0 Å². The van der Waals surface area contributed by atoms with Crippen molar-refractivity contribution in [2.75, 3.05) is 5.88 Å². The van der Waals surface area contributed by atoms with Crippen molar-refractivity contribution in [2.45, 2.75) is 26.7 Å². The lowest BCUT2D eigenvalue weighted by Crippen LogP contribution is -2.09. The number of alkyl halides is 1. The molecule has 0 fully saturated rings. The Hall–Kier alpha value is -0.760. The van der Waals surface area contributed by atoms with Crippen LogP contribution in [0, 0.1) is 5.92 Å². The van der Waals surface area contributed by atoms with Crippen molar-refractivity contribution < 1.29 is 5.11 Å². The molecule has 0 amide bonds. The van der Waals surface area contributed by atoms with Gasteiger partial charge in [0.1, 0.15) is 5.76 Å². The monoisotopic (exact) mass is 213 g/mol. The molecule has 0 unspecified atom stereocenters. The van der Waals surface area contributed by atoms with Gasteiger partial charge in [-0.3, -0.25) is 4.99 Å². The summed E-state index contributed by atoms with van der Waals surface area (Å²) in [4.78, 5) is 4.45. The fourth-order valence-electron chi connectivity index (χ4n) is 1.36. The van der Waals surface area contributed by atoms with E-state index in [9.17, 15) is 5.11 Å². The largest absolute Gasteiger partial charge is 0.508 e. The van der Waals surface area contributed by atoms with Gasteiger partial charge in [0.05, 0.1) is 11.6 Å². The molecule has 1 aliphatic heterocycles. The summed E-state index contributed by atoms with van der Waals surface area (Å²) in [6.45, 7) is 4.24. The molecule has 0 aromatic rings. The Morgan fingerprint density at radius 3 is 2.86 bits per heavy atom. The zero-order valence-electron chi connectivity index (χ0n) is 8.63. The number of aliphatic hydroxyl groups is 1. The highest BCUT2D eigenvalue weighted by Gasteiger charge is 2.08. The van der Waals surface area contributed by atoms with Gasteiger partial charge in [-0.05, 0) is 24.8 Å². The van der Waals surface area contributed by atoms with E-state index in [2.05, 4.69) is 18.8 Å². The Balaban J connectivity index is 2.94. The van der Waals surface area contributed by atoms with Crippen LogP contribution in [0.5, 0.6) is 0 Å². The van der Waals surface area contributed by atoms with Gasteiger partial charge < -0.3 is 5.11 Å². The van der Waals surface area contributed by atoms with Gasteiger partial charge in [0, 0.05) is 11.8 Å². The van der Waals surface area contributed by atoms with Gasteiger partial charge in [-0.2, -0.15) is 0 Å². The second kappa shape index (κ2) is 5.20. The van der Waals surface area contributed by atoms with Crippen LogP contribution < -0.4 is 0 Å². The second-order valence-corrected chi connectivity index (χ2v) is 3.96. The minimum absolute atomic E-state index is 0.271. The van der Waals surface area contributed by atoms with Gasteiger partial charge >= 0.3 is 0 Å². The Kier molecular flexibility index (Phi) is 4.21. The highest BCUT2D eigenvalue weighted by molar-refractivity contribution is 6.19. The molecule has 0 bridgehead atoms. The lowest BCUT2D eigenvalue weighted by Gasteiger charge is -2.12. The fraction of sp³-hybridized carbons (Fsp3) is 0.545. The van der Waals surface area contributed by atoms with Crippen LogP contribution in [-0.2, 0) is 0 Å². The molecule has 0 aromatic heterocycles. The minimum Gasteiger partial charge on any atom is -0.508 e. The van der Waals surface area contributed by atoms with Crippen LogP contribution in [0.15, 0.2) is 28.6 Å². The summed E-state index contributed by atoms with van der Waals surface area (Å²) in [6, 6.07) is 0. The SMILES string of the molecule is CC(C)C1=N/C(CCl)=C\C(O)=C/CC1. The summed E-state index contributed by atoms with van der Waals surface area (Å²) < 4.78 is 0. The molecule has 14 heavy (non-hydrogen) atoms. The number of halogens is 1. The molecule has 0 aliphatic carbocycles. The number of hydrogen-bond acceptors (Lipinski definition) is 2. The smallest absolute Gasteiger partial charge is 0.113 e. The molecule has 2 nitrogen and oxygen atoms in total. The Morgan fingerprint density at radius 1 is 1.57 bits per heavy atom. The fourth-order valence-corrected chi connectivity index (χ4v) is 1.49. The highest BCUT2D eigenvalue weighted by Crippen LogP contribution is 2.15. The summed E-state index contributed by atoms with van der Waals surface area (Å²) in [6.07, 6.45) is 5.18. The van der Waals surface area contributed by atoms with Gasteiger partial charge in [-0.1, -0.05) is 13.8 Å². The van der Waals surface area contributed by atoms with Gasteiger partial charge in [-0.15, -0.1) is 11.6 Å². The van der Waals surface area contributed by atoms with Crippen molar-refractivity contribution in [3.8, 4) is 0 Å². The third-order valence-electron chi connectivity index (χ3n) is 2.16. The van der Waals surface area contributed by atoms with Crippen molar-refractivity contribution in [1.29, 1.82) is 0 Å². The molecule has 0 saturated carbocycles. The molecule has 0 radical (unpaired) electrons. The molecule has 78 valence electrons. The predicted octanol–water partition coefficient (Wildman–Crippen LogP) is 3.44. The lowest BCUT2D eigenvalue weighted by molar-refractivity contribution is 0.428. The molecule has 1 aliphatic rings. The summed E-state index contributed by atoms with van der Waals surface area (Å²) in [7, 11) is 0. The normalized spacial score (nSPS) is 25.6. The van der Waals surface area contributed by atoms with Crippen LogP contribution in [0.3, 0.4) is 0 Å². The van der Waals surface area contributed by atoms with E-state index >= 15 is 0 Å². The van der Waals surface area contributed by atoms with Crippen LogP contribution in [0.25, 0.3) is 0 Å². The first kappa shape index (κ1) is 11.3. The van der Waals surface area contributed by atoms with E-state index in [0.717, 1.165) is 24.3 Å². The van der Waals surface area contributed by atoms with Gasteiger partial charge in [0.2, 0.25) is 0 Å². The zero-order chi connectivity index (χ0) is 10.6. The van der Waals surface area contributed by atoms with Crippen LogP contribution in [0.1, 0.15) is 26.7 Å². The van der Waals surface area contributed by atoms with Crippen molar-refractivity contribution in [1.82, 2.24) is 0 Å². The number of aliphatic imine (C=N–C) groups is 1. The zero-order valence-corrected chi connectivity index (χ0v) is 9.38. The van der Waals surface area contributed by atoms with E-state index in [1.807, 2.05) is 6.08 Å². The van der Waals surface area contributed by atoms with Crippen LogP contribution in [0.4, 0.5) is 0 Å². The first-order chi connectivity index (χ1) is 6.63. The molecule has 3 heteroatoms. The van der Waals surface area contributed by atoms with Gasteiger partial charge in [0.15, 0.2) is 0 Å². The maximum Gasteiger partial charge on any atom is 0.113 e. The standard InChI is InChI=1S/C11H16ClNO/c1-8(2)11-5-3-4-10(14)6-9(7-12)13-11/h4,6,8,14H,3,5,7H2,1-2H3/b9-6-,10-4+,13-11?. The van der Waals surface area contributed by atoms with Crippen LogP contribution >= 0.6 is 11.6 Å². The second-order valence-electron chi connectivity index (χ2n) is 3.69. The number of nitrogens with zero attached hydrogens (tertiary/aromatic N) is 1. The maximum absolute atomic E-state index is 9.40. The Bertz CT molecular complexity index is 290. The first-order valence-electron chi connectivity index (χ1n) is 4.86.